The molecule has 1 heterocycles. The average molecular weight is 300 g/mol. The first kappa shape index (κ1) is 13.8. The van der Waals surface area contributed by atoms with Crippen LogP contribution in [0, 0.1) is 0 Å². The lowest BCUT2D eigenvalue weighted by Gasteiger charge is -2.29. The van der Waals surface area contributed by atoms with Crippen LogP contribution in [0.3, 0.4) is 0 Å². The molecule has 0 radical (unpaired) electrons. The van der Waals surface area contributed by atoms with Crippen LogP contribution in [0.4, 0.5) is 5.69 Å². The molecular formula is C16H17N2O2P. The second-order valence-corrected chi connectivity index (χ2v) is 6.86. The fourth-order valence-electron chi connectivity index (χ4n) is 2.38. The Balaban J connectivity index is 1.97. The Morgan fingerprint density at radius 2 is 1.62 bits per heavy atom. The quantitative estimate of drug-likeness (QED) is 0.795. The van der Waals surface area contributed by atoms with Gasteiger partial charge in [0.1, 0.15) is 5.75 Å². The molecule has 2 aromatic rings. The summed E-state index contributed by atoms with van der Waals surface area (Å²) >= 11 is 0. The van der Waals surface area contributed by atoms with Crippen molar-refractivity contribution in [2.75, 3.05) is 17.8 Å². The Labute approximate surface area is 124 Å². The van der Waals surface area contributed by atoms with E-state index in [-0.39, 0.29) is 0 Å². The first-order valence-electron chi connectivity index (χ1n) is 6.81. The first-order valence-corrected chi connectivity index (χ1v) is 8.34. The third kappa shape index (κ3) is 2.55. The van der Waals surface area contributed by atoms with Crippen molar-refractivity contribution in [1.29, 1.82) is 0 Å². The highest BCUT2D eigenvalue weighted by atomic mass is 31.2. The molecule has 2 aromatic carbocycles. The average Bonchev–Trinajstić information content (AvgIpc) is 2.85. The molecule has 5 heteroatoms. The standard InChI is InChI=1S/C16H17N2O2P/c1-2-17-13-14-18(15-9-5-3-6-10-15)21(17,19)20-16-11-7-4-8-12-16/h2-12H,1,13-14H2/t21-/m1/s1. The lowest BCUT2D eigenvalue weighted by molar-refractivity contribution is 0.432. The maximum Gasteiger partial charge on any atom is 0.449 e. The van der Waals surface area contributed by atoms with Gasteiger partial charge in [0.25, 0.3) is 0 Å². The minimum Gasteiger partial charge on any atom is -0.414 e. The highest BCUT2D eigenvalue weighted by Gasteiger charge is 2.44. The maximum atomic E-state index is 13.4. The minimum atomic E-state index is -3.19. The smallest absolute Gasteiger partial charge is 0.414 e. The Kier molecular flexibility index (Phi) is 3.72. The number of anilines is 1. The van der Waals surface area contributed by atoms with E-state index in [0.717, 1.165) is 5.69 Å². The normalized spacial score (nSPS) is 21.3. The van der Waals surface area contributed by atoms with Crippen LogP contribution >= 0.6 is 7.67 Å². The topological polar surface area (TPSA) is 32.8 Å². The van der Waals surface area contributed by atoms with Crippen LogP contribution in [0.25, 0.3) is 0 Å². The van der Waals surface area contributed by atoms with Gasteiger partial charge in [-0.1, -0.05) is 43.0 Å². The third-order valence-electron chi connectivity index (χ3n) is 3.40. The summed E-state index contributed by atoms with van der Waals surface area (Å²) in [5, 5.41) is 0. The van der Waals surface area contributed by atoms with Gasteiger partial charge in [0.2, 0.25) is 0 Å². The molecule has 108 valence electrons. The van der Waals surface area contributed by atoms with Gasteiger partial charge in [-0.3, -0.25) is 9.34 Å². The van der Waals surface area contributed by atoms with Crippen molar-refractivity contribution in [2.24, 2.45) is 0 Å². The minimum absolute atomic E-state index is 0.593. The summed E-state index contributed by atoms with van der Waals surface area (Å²) in [4.78, 5) is 0. The van der Waals surface area contributed by atoms with Gasteiger partial charge in [0.05, 0.1) is 0 Å². The highest BCUT2D eigenvalue weighted by Crippen LogP contribution is 2.59. The molecule has 4 nitrogen and oxygen atoms in total. The number of nitrogens with zero attached hydrogens (tertiary/aromatic N) is 2. The summed E-state index contributed by atoms with van der Waals surface area (Å²) in [7, 11) is -3.19. The van der Waals surface area contributed by atoms with Gasteiger partial charge < -0.3 is 4.52 Å². The largest absolute Gasteiger partial charge is 0.449 e. The van der Waals surface area contributed by atoms with Crippen LogP contribution in [0.15, 0.2) is 73.4 Å². The molecule has 1 aliphatic heterocycles. The van der Waals surface area contributed by atoms with Gasteiger partial charge in [-0.05, 0) is 24.3 Å². The molecule has 0 spiro atoms. The molecule has 1 fully saturated rings. The summed E-state index contributed by atoms with van der Waals surface area (Å²) < 4.78 is 22.8. The Bertz CT molecular complexity index is 660. The van der Waals surface area contributed by atoms with E-state index in [2.05, 4.69) is 6.58 Å². The molecular weight excluding hydrogens is 283 g/mol. The molecule has 0 aliphatic carbocycles. The molecule has 0 saturated carbocycles. The van der Waals surface area contributed by atoms with Crippen molar-refractivity contribution in [3.05, 3.63) is 73.4 Å². The zero-order chi connectivity index (χ0) is 14.7. The molecule has 0 bridgehead atoms. The van der Waals surface area contributed by atoms with Crippen LogP contribution < -0.4 is 9.19 Å². The zero-order valence-corrected chi connectivity index (χ0v) is 12.5. The van der Waals surface area contributed by atoms with E-state index < -0.39 is 7.67 Å². The van der Waals surface area contributed by atoms with E-state index in [4.69, 9.17) is 4.52 Å². The number of hydrogen-bond donors (Lipinski definition) is 0. The number of rotatable bonds is 4. The van der Waals surface area contributed by atoms with Crippen LogP contribution in [0.5, 0.6) is 5.75 Å². The van der Waals surface area contributed by atoms with Gasteiger partial charge in [0, 0.05) is 25.0 Å². The van der Waals surface area contributed by atoms with E-state index >= 15 is 0 Å². The molecule has 0 unspecified atom stereocenters. The Hall–Kier alpha value is -2.19. The van der Waals surface area contributed by atoms with E-state index in [1.54, 1.807) is 10.9 Å². The highest BCUT2D eigenvalue weighted by molar-refractivity contribution is 7.59. The molecule has 1 atom stereocenters. The molecule has 21 heavy (non-hydrogen) atoms. The van der Waals surface area contributed by atoms with E-state index in [0.29, 0.717) is 18.8 Å². The van der Waals surface area contributed by atoms with Gasteiger partial charge in [-0.15, -0.1) is 0 Å². The Morgan fingerprint density at radius 3 is 2.24 bits per heavy atom. The van der Waals surface area contributed by atoms with Gasteiger partial charge in [-0.25, -0.2) is 4.57 Å². The molecule has 3 rings (SSSR count). The number of para-hydroxylation sites is 2. The van der Waals surface area contributed by atoms with Crippen molar-refractivity contribution in [2.45, 2.75) is 0 Å². The predicted molar refractivity (Wildman–Crippen MR) is 85.4 cm³/mol. The molecule has 0 amide bonds. The first-order chi connectivity index (χ1) is 10.2. The van der Waals surface area contributed by atoms with Crippen molar-refractivity contribution < 1.29 is 9.09 Å². The molecule has 1 saturated heterocycles. The number of benzene rings is 2. The summed E-state index contributed by atoms with van der Waals surface area (Å²) in [5.74, 6) is 0.593. The maximum absolute atomic E-state index is 13.4. The fourth-order valence-corrected chi connectivity index (χ4v) is 4.57. The summed E-state index contributed by atoms with van der Waals surface area (Å²) in [6, 6.07) is 18.9. The fraction of sp³-hybridized carbons (Fsp3) is 0.125. The van der Waals surface area contributed by atoms with Crippen molar-refractivity contribution in [3.8, 4) is 5.75 Å². The van der Waals surface area contributed by atoms with Gasteiger partial charge >= 0.3 is 7.67 Å². The Morgan fingerprint density at radius 1 is 1.00 bits per heavy atom. The predicted octanol–water partition coefficient (Wildman–Crippen LogP) is 4.14. The zero-order valence-electron chi connectivity index (χ0n) is 11.6. The SMILES string of the molecule is C=CN1CCN(c2ccccc2)[P@]1(=O)Oc1ccccc1. The van der Waals surface area contributed by atoms with Crippen LogP contribution in [0.2, 0.25) is 0 Å². The summed E-state index contributed by atoms with van der Waals surface area (Å²) in [5.41, 5.74) is 0.890. The van der Waals surface area contributed by atoms with Crippen LogP contribution in [-0.2, 0) is 4.57 Å². The lowest BCUT2D eigenvalue weighted by atomic mass is 10.3. The van der Waals surface area contributed by atoms with E-state index in [1.165, 1.54) is 0 Å². The van der Waals surface area contributed by atoms with Crippen LogP contribution in [0.1, 0.15) is 0 Å². The lowest BCUT2D eigenvalue weighted by Crippen LogP contribution is -2.20. The third-order valence-corrected chi connectivity index (χ3v) is 5.91. The number of hydrogen-bond acceptors (Lipinski definition) is 2. The van der Waals surface area contributed by atoms with Gasteiger partial charge in [-0.2, -0.15) is 0 Å². The van der Waals surface area contributed by atoms with Crippen molar-refractivity contribution >= 4 is 13.4 Å². The monoisotopic (exact) mass is 300 g/mol. The molecule has 0 aromatic heterocycles. The van der Waals surface area contributed by atoms with E-state index in [1.807, 2.05) is 65.3 Å². The summed E-state index contributed by atoms with van der Waals surface area (Å²) in [6.07, 6.45) is 1.59. The van der Waals surface area contributed by atoms with Crippen LogP contribution in [-0.4, -0.2) is 17.8 Å². The molecule has 0 N–H and O–H groups in total. The molecule has 1 aliphatic rings. The van der Waals surface area contributed by atoms with Gasteiger partial charge in [0.15, 0.2) is 0 Å². The second kappa shape index (κ2) is 5.66. The summed E-state index contributed by atoms with van der Waals surface area (Å²) in [6.45, 7) is 5.02. The van der Waals surface area contributed by atoms with Crippen molar-refractivity contribution in [3.63, 3.8) is 0 Å². The van der Waals surface area contributed by atoms with E-state index in [9.17, 15) is 4.57 Å². The van der Waals surface area contributed by atoms with Crippen molar-refractivity contribution in [1.82, 2.24) is 4.67 Å². The second-order valence-electron chi connectivity index (χ2n) is 4.70.